The number of hydrogen-bond donors (Lipinski definition) is 0. The molecule has 0 aliphatic carbocycles. The Morgan fingerprint density at radius 3 is 0.354 bits per heavy atom. The van der Waals surface area contributed by atoms with Crippen molar-refractivity contribution in [2.24, 2.45) is 0 Å². The molecule has 96 heavy (non-hydrogen) atoms. The molecular formula is C90H138Si6. The highest BCUT2D eigenvalue weighted by Gasteiger charge is 3.14. The summed E-state index contributed by atoms with van der Waals surface area (Å²) >= 11 is 0. The number of fused-ring (bicyclic) bond motifs is 4. The standard InChI is InChI=1S/C90H138Si6/c1-49(2)67-37-73(55(13)14)85(74(38-67)56(15)16)93(86-75(57(17)18)39-68(50(3)4)40-76(86)58(19)20)91-95(93,89-81(63(29)30)45-71(53(9)10)46-82(89)64(31)32)92-94(87-77(59(21)22)41-69(51(5)6)42-78(87)60(23)24,88-79(61(25)26)43-70(52(7)8)44-80(88)62(27)28)96(91,92)90-83(65(33)34)47-72(54(11)12)48-84(90)66(35)36/h37-66H,1-36H3. The SMILES string of the molecule is CC(C)c1cc(C(C)C)c([Si]2(c3c(C(C)C)cc(C(C)C)cc3C(C)C)[Si]3[Si]2(c2c(C(C)C)cc(C(C)C)cc2C(C)C)[Si]2[Si](c4c(C(C)C)cc(C(C)C)cc4C(C)C)(c4c(C(C)C)cc(C(C)C)cc4C(C)C)[Si]32c2c(C(C)C)cc(C(C)C)cc2C(C)C)c(C(C)C)c1. The Balaban J connectivity index is 1.86. The topological polar surface area (TPSA) is 0 Å². The minimum Gasteiger partial charge on any atom is -0.0612 e. The highest BCUT2D eigenvalue weighted by molar-refractivity contribution is 8.69. The number of rotatable bonds is 24. The second kappa shape index (κ2) is 27.8. The van der Waals surface area contributed by atoms with E-state index in [1.807, 2.05) is 20.7 Å². The Bertz CT molecular complexity index is 3280. The third-order valence-corrected chi connectivity index (χ3v) is 184. The van der Waals surface area contributed by atoms with Gasteiger partial charge in [0, 0.05) is 14.7 Å². The molecule has 3 saturated heterocycles. The van der Waals surface area contributed by atoms with Gasteiger partial charge in [0.1, 0.15) is 0 Å². The lowest BCUT2D eigenvalue weighted by Gasteiger charge is -2.41. The van der Waals surface area contributed by atoms with E-state index >= 15 is 0 Å². The minimum atomic E-state index is -3.06. The van der Waals surface area contributed by atoms with Gasteiger partial charge in [-0.1, -0.05) is 353 Å². The van der Waals surface area contributed by atoms with Crippen LogP contribution in [-0.4, -0.2) is 42.2 Å². The van der Waals surface area contributed by atoms with Crippen molar-refractivity contribution >= 4 is 73.3 Å². The highest BCUT2D eigenvalue weighted by Crippen LogP contribution is 2.74. The fourth-order valence-electron chi connectivity index (χ4n) is 19.2. The third-order valence-electron chi connectivity index (χ3n) is 24.3. The molecule has 0 spiro atoms. The van der Waals surface area contributed by atoms with Gasteiger partial charge in [-0.15, -0.1) is 0 Å². The maximum Gasteiger partial charge on any atom is 0.0974 e. The molecule has 6 aromatic carbocycles. The van der Waals surface area contributed by atoms with Gasteiger partial charge >= 0.3 is 0 Å². The van der Waals surface area contributed by atoms with Crippen molar-refractivity contribution in [3.63, 3.8) is 0 Å². The average Bonchev–Trinajstić information content (AvgIpc) is 1.35. The van der Waals surface area contributed by atoms with Crippen molar-refractivity contribution in [1.82, 2.24) is 0 Å². The summed E-state index contributed by atoms with van der Waals surface area (Å²) in [6.07, 6.45) is 0. The maximum absolute atomic E-state index is 3.06. The molecule has 3 aliphatic heterocycles. The first-order valence-corrected chi connectivity index (χ1v) is 58.4. The van der Waals surface area contributed by atoms with Gasteiger partial charge in [0.15, 0.2) is 0 Å². The second-order valence-electron chi connectivity index (χ2n) is 37.0. The summed E-state index contributed by atoms with van der Waals surface area (Å²) in [5.41, 5.74) is 30.7. The van der Waals surface area contributed by atoms with E-state index in [1.165, 1.54) is 0 Å². The molecule has 522 valence electrons. The van der Waals surface area contributed by atoms with Gasteiger partial charge in [0.25, 0.3) is 0 Å². The molecule has 0 unspecified atom stereocenters. The summed E-state index contributed by atoms with van der Waals surface area (Å²) in [5.74, 6) is 7.28. The monoisotopic (exact) mass is 1390 g/mol. The molecule has 0 N–H and O–H groups in total. The predicted molar refractivity (Wildman–Crippen MR) is 445 cm³/mol. The highest BCUT2D eigenvalue weighted by atomic mass is 30.9. The van der Waals surface area contributed by atoms with Gasteiger partial charge in [0.05, 0.1) is 27.5 Å². The number of hydrogen-bond acceptors (Lipinski definition) is 0. The molecule has 0 saturated carbocycles. The first-order chi connectivity index (χ1) is 44.5. The molecule has 3 heterocycles. The molecule has 3 fully saturated rings. The van der Waals surface area contributed by atoms with Crippen LogP contribution in [0.25, 0.3) is 0 Å². The van der Waals surface area contributed by atoms with E-state index in [9.17, 15) is 0 Å². The summed E-state index contributed by atoms with van der Waals surface area (Å²) in [6, 6.07) is 35.0. The Morgan fingerprint density at radius 1 is 0.156 bits per heavy atom. The van der Waals surface area contributed by atoms with Crippen LogP contribution in [0.3, 0.4) is 0 Å². The summed E-state index contributed by atoms with van der Waals surface area (Å²) in [5, 5.41) is 12.3. The van der Waals surface area contributed by atoms with E-state index in [2.05, 4.69) is 332 Å². The zero-order valence-corrected chi connectivity index (χ0v) is 74.3. The van der Waals surface area contributed by atoms with Gasteiger partial charge in [-0.2, -0.15) is 0 Å². The Morgan fingerprint density at radius 2 is 0.260 bits per heavy atom. The van der Waals surface area contributed by atoms with Crippen LogP contribution >= 0.6 is 0 Å². The van der Waals surface area contributed by atoms with E-state index < -0.39 is 42.2 Å². The van der Waals surface area contributed by atoms with E-state index in [4.69, 9.17) is 0 Å². The Kier molecular flexibility index (Phi) is 22.2. The molecule has 0 atom stereocenters. The van der Waals surface area contributed by atoms with E-state index in [0.29, 0.717) is 107 Å². The minimum absolute atomic E-state index is 0.384. The molecule has 9 rings (SSSR count). The first-order valence-electron chi connectivity index (χ1n) is 39.4. The molecule has 0 amide bonds. The Hall–Kier alpha value is -3.38. The van der Waals surface area contributed by atoms with Crippen molar-refractivity contribution in [2.45, 2.75) is 356 Å². The Labute approximate surface area is 597 Å². The quantitative estimate of drug-likeness (QED) is 0.0530. The molecule has 2 radical (unpaired) electrons. The fourth-order valence-corrected chi connectivity index (χ4v) is 402. The summed E-state index contributed by atoms with van der Waals surface area (Å²) in [7, 11) is -8.97. The van der Waals surface area contributed by atoms with Crippen LogP contribution in [0.15, 0.2) is 72.8 Å². The summed E-state index contributed by atoms with van der Waals surface area (Å²) < 4.78 is 0. The lowest BCUT2D eigenvalue weighted by atomic mass is 9.89. The van der Waals surface area contributed by atoms with Gasteiger partial charge in [0.2, 0.25) is 0 Å². The zero-order chi connectivity index (χ0) is 71.9. The fraction of sp³-hybridized carbons (Fsp3) is 0.600. The summed E-state index contributed by atoms with van der Waals surface area (Å²) in [4.78, 5) is 0. The van der Waals surface area contributed by atoms with E-state index in [-0.39, 0.29) is 0 Å². The maximum atomic E-state index is 2.93. The van der Waals surface area contributed by atoms with E-state index in [0.717, 1.165) is 0 Å². The number of benzene rings is 6. The smallest absolute Gasteiger partial charge is 0.0612 e. The first kappa shape index (κ1) is 76.8. The third kappa shape index (κ3) is 11.6. The van der Waals surface area contributed by atoms with Gasteiger partial charge < -0.3 is 0 Å². The lowest BCUT2D eigenvalue weighted by Crippen LogP contribution is -2.74. The van der Waals surface area contributed by atoms with Crippen LogP contribution in [0.4, 0.5) is 0 Å². The van der Waals surface area contributed by atoms with Crippen LogP contribution in [0, 0.1) is 0 Å². The molecule has 3 aliphatic rings. The van der Waals surface area contributed by atoms with Crippen LogP contribution in [0.2, 0.25) is 0 Å². The summed E-state index contributed by atoms with van der Waals surface area (Å²) in [6.45, 7) is 88.3. The molecular weight excluding hydrogens is 1250 g/mol. The average molecular weight is 1390 g/mol. The van der Waals surface area contributed by atoms with Gasteiger partial charge in [-0.05, 0) is 207 Å². The van der Waals surface area contributed by atoms with Crippen LogP contribution < -0.4 is 31.1 Å². The van der Waals surface area contributed by atoms with Gasteiger partial charge in [-0.25, -0.2) is 0 Å². The van der Waals surface area contributed by atoms with Crippen LogP contribution in [0.1, 0.15) is 456 Å². The lowest BCUT2D eigenvalue weighted by molar-refractivity contribution is 0.809. The van der Waals surface area contributed by atoms with Crippen molar-refractivity contribution in [1.29, 1.82) is 0 Å². The normalized spacial score (nSPS) is 18.8. The van der Waals surface area contributed by atoms with Crippen LogP contribution in [-0.2, 0) is 0 Å². The molecule has 0 aromatic heterocycles. The molecule has 0 bridgehead atoms. The molecule has 6 heteroatoms. The largest absolute Gasteiger partial charge is 0.0974 e. The van der Waals surface area contributed by atoms with Gasteiger partial charge in [-0.3, -0.25) is 0 Å². The molecule has 0 nitrogen and oxygen atoms in total. The van der Waals surface area contributed by atoms with Crippen molar-refractivity contribution < 1.29 is 0 Å². The molecule has 6 aromatic rings. The van der Waals surface area contributed by atoms with Crippen molar-refractivity contribution in [3.8, 4) is 0 Å². The second-order valence-corrected chi connectivity index (χ2v) is 100.0. The van der Waals surface area contributed by atoms with Crippen molar-refractivity contribution in [3.05, 3.63) is 173 Å². The predicted octanol–water partition coefficient (Wildman–Crippen LogP) is 23.1. The zero-order valence-electron chi connectivity index (χ0n) is 68.3. The van der Waals surface area contributed by atoms with E-state index in [1.54, 1.807) is 100 Å². The van der Waals surface area contributed by atoms with Crippen LogP contribution in [0.5, 0.6) is 0 Å². The van der Waals surface area contributed by atoms with Crippen molar-refractivity contribution in [2.75, 3.05) is 0 Å².